The molecule has 1 radical (unpaired) electrons. The summed E-state index contributed by atoms with van der Waals surface area (Å²) in [5.74, 6) is 3.77. The van der Waals surface area contributed by atoms with Gasteiger partial charge in [-0.1, -0.05) is 0 Å². The highest BCUT2D eigenvalue weighted by atomic mass is 16.1. The van der Waals surface area contributed by atoms with E-state index in [1.807, 2.05) is 0 Å². The minimum absolute atomic E-state index is 0.331. The molecule has 0 aromatic heterocycles. The molecule has 0 N–H and O–H groups in total. The summed E-state index contributed by atoms with van der Waals surface area (Å²) in [5.41, 5.74) is 0. The quantitative estimate of drug-likeness (QED) is 0.579. The van der Waals surface area contributed by atoms with Gasteiger partial charge in [-0.15, -0.1) is 0 Å². The lowest BCUT2D eigenvalue weighted by Gasteiger charge is -2.52. The fourth-order valence-electron chi connectivity index (χ4n) is 4.12. The highest BCUT2D eigenvalue weighted by Crippen LogP contribution is 2.55. The number of rotatable bonds is 1. The topological polar surface area (TPSA) is 17.1 Å². The van der Waals surface area contributed by atoms with Gasteiger partial charge in [-0.2, -0.15) is 0 Å². The summed E-state index contributed by atoms with van der Waals surface area (Å²) in [7, 11) is 0. The summed E-state index contributed by atoms with van der Waals surface area (Å²) in [6.45, 7) is 0. The van der Waals surface area contributed by atoms with E-state index >= 15 is 0 Å². The molecule has 4 fully saturated rings. The van der Waals surface area contributed by atoms with Gasteiger partial charge in [0.15, 0.2) is 0 Å². The third kappa shape index (κ3) is 0.826. The largest absolute Gasteiger partial charge is 0.291 e. The Kier molecular flexibility index (Phi) is 1.38. The van der Waals surface area contributed by atoms with Crippen LogP contribution in [0.25, 0.3) is 0 Å². The molecule has 0 aliphatic heterocycles. The molecular weight excluding hydrogens is 148 g/mol. The zero-order valence-corrected chi connectivity index (χ0v) is 7.33. The molecule has 1 heteroatoms. The average Bonchev–Trinajstić information content (AvgIpc) is 2.02. The van der Waals surface area contributed by atoms with E-state index in [1.54, 1.807) is 0 Å². The lowest BCUT2D eigenvalue weighted by atomic mass is 9.52. The van der Waals surface area contributed by atoms with Gasteiger partial charge in [0.25, 0.3) is 0 Å². The van der Waals surface area contributed by atoms with Crippen LogP contribution in [0.3, 0.4) is 0 Å². The molecule has 4 saturated carbocycles. The van der Waals surface area contributed by atoms with Crippen molar-refractivity contribution in [1.82, 2.24) is 0 Å². The Morgan fingerprint density at radius 1 is 0.833 bits per heavy atom. The normalized spacial score (nSPS) is 55.8. The Morgan fingerprint density at radius 2 is 1.33 bits per heavy atom. The van der Waals surface area contributed by atoms with Crippen LogP contribution in [0.2, 0.25) is 0 Å². The monoisotopic (exact) mass is 163 g/mol. The number of hydrogen-bond acceptors (Lipinski definition) is 1. The molecule has 0 aromatic carbocycles. The first-order chi connectivity index (χ1) is 5.86. The SMILES string of the molecule is O=[C]C1C2CC3CC(C2)CC1C3. The first-order valence-electron chi connectivity index (χ1n) is 5.24. The smallest absolute Gasteiger partial charge is 0.202 e. The van der Waals surface area contributed by atoms with E-state index in [0.29, 0.717) is 5.92 Å². The van der Waals surface area contributed by atoms with Gasteiger partial charge in [-0.25, -0.2) is 0 Å². The Bertz CT molecular complexity index is 181. The van der Waals surface area contributed by atoms with Crippen molar-refractivity contribution in [3.05, 3.63) is 0 Å². The van der Waals surface area contributed by atoms with Crippen LogP contribution in [0, 0.1) is 29.6 Å². The van der Waals surface area contributed by atoms with E-state index < -0.39 is 0 Å². The van der Waals surface area contributed by atoms with Crippen LogP contribution in [0.1, 0.15) is 32.1 Å². The van der Waals surface area contributed by atoms with Gasteiger partial charge in [-0.3, -0.25) is 4.79 Å². The Morgan fingerprint density at radius 3 is 1.75 bits per heavy atom. The van der Waals surface area contributed by atoms with Crippen molar-refractivity contribution in [2.45, 2.75) is 32.1 Å². The fourth-order valence-corrected chi connectivity index (χ4v) is 4.12. The molecule has 4 rings (SSSR count). The molecule has 0 saturated heterocycles. The maximum Gasteiger partial charge on any atom is 0.202 e. The minimum atomic E-state index is 0.331. The molecule has 0 unspecified atom stereocenters. The maximum absolute atomic E-state index is 10.8. The second-order valence-corrected chi connectivity index (χ2v) is 5.07. The first-order valence-corrected chi connectivity index (χ1v) is 5.24. The van der Waals surface area contributed by atoms with Gasteiger partial charge in [0.05, 0.1) is 0 Å². The lowest BCUT2D eigenvalue weighted by molar-refractivity contribution is -0.00888. The van der Waals surface area contributed by atoms with E-state index in [9.17, 15) is 4.79 Å². The van der Waals surface area contributed by atoms with Crippen LogP contribution in [0.4, 0.5) is 0 Å². The van der Waals surface area contributed by atoms with Crippen LogP contribution in [-0.4, -0.2) is 6.29 Å². The second-order valence-electron chi connectivity index (χ2n) is 5.07. The second kappa shape index (κ2) is 2.34. The zero-order valence-electron chi connectivity index (χ0n) is 7.33. The standard InChI is InChI=1S/C11H15O/c12-6-11-9-2-7-1-8(4-9)5-10(11)3-7/h7-11H,1-5H2. The van der Waals surface area contributed by atoms with Gasteiger partial charge >= 0.3 is 0 Å². The van der Waals surface area contributed by atoms with Crippen molar-refractivity contribution in [3.8, 4) is 0 Å². The highest BCUT2D eigenvalue weighted by Gasteiger charge is 2.48. The van der Waals surface area contributed by atoms with Gasteiger partial charge in [0.1, 0.15) is 0 Å². The summed E-state index contributed by atoms with van der Waals surface area (Å²) in [4.78, 5) is 10.8. The molecular formula is C11H15O. The highest BCUT2D eigenvalue weighted by molar-refractivity contribution is 5.56. The van der Waals surface area contributed by atoms with Crippen LogP contribution >= 0.6 is 0 Å². The Hall–Kier alpha value is -0.330. The minimum Gasteiger partial charge on any atom is -0.291 e. The van der Waals surface area contributed by atoms with Crippen molar-refractivity contribution in [1.29, 1.82) is 0 Å². The fraction of sp³-hybridized carbons (Fsp3) is 0.909. The third-order valence-electron chi connectivity index (χ3n) is 4.36. The van der Waals surface area contributed by atoms with Crippen molar-refractivity contribution < 1.29 is 4.79 Å². The first kappa shape index (κ1) is 7.11. The molecule has 0 heterocycles. The van der Waals surface area contributed by atoms with Crippen LogP contribution in [0.5, 0.6) is 0 Å². The molecule has 0 aromatic rings. The molecule has 4 aliphatic carbocycles. The van der Waals surface area contributed by atoms with E-state index in [-0.39, 0.29) is 0 Å². The van der Waals surface area contributed by atoms with Gasteiger partial charge in [-0.05, 0) is 55.8 Å². The van der Waals surface area contributed by atoms with E-state index in [2.05, 4.69) is 6.29 Å². The van der Waals surface area contributed by atoms with E-state index in [4.69, 9.17) is 0 Å². The van der Waals surface area contributed by atoms with Gasteiger partial charge in [0, 0.05) is 5.92 Å². The molecule has 4 bridgehead atoms. The van der Waals surface area contributed by atoms with E-state index in [1.165, 1.54) is 32.1 Å². The van der Waals surface area contributed by atoms with Crippen molar-refractivity contribution >= 4 is 6.29 Å². The molecule has 65 valence electrons. The van der Waals surface area contributed by atoms with Crippen LogP contribution in [-0.2, 0) is 4.79 Å². The summed E-state index contributed by atoms with van der Waals surface area (Å²) in [6.07, 6.45) is 9.13. The van der Waals surface area contributed by atoms with Gasteiger partial charge in [0.2, 0.25) is 6.29 Å². The molecule has 12 heavy (non-hydrogen) atoms. The number of carbonyl (C=O) groups excluding carboxylic acids is 1. The van der Waals surface area contributed by atoms with Crippen molar-refractivity contribution in [3.63, 3.8) is 0 Å². The van der Waals surface area contributed by atoms with Gasteiger partial charge < -0.3 is 0 Å². The predicted molar refractivity (Wildman–Crippen MR) is 46.2 cm³/mol. The third-order valence-corrected chi connectivity index (χ3v) is 4.36. The summed E-state index contributed by atoms with van der Waals surface area (Å²) < 4.78 is 0. The molecule has 0 spiro atoms. The van der Waals surface area contributed by atoms with Crippen molar-refractivity contribution in [2.24, 2.45) is 29.6 Å². The predicted octanol–water partition coefficient (Wildman–Crippen LogP) is 2.17. The van der Waals surface area contributed by atoms with E-state index in [0.717, 1.165) is 23.7 Å². The van der Waals surface area contributed by atoms with Crippen LogP contribution < -0.4 is 0 Å². The maximum atomic E-state index is 10.8. The number of hydrogen-bond donors (Lipinski definition) is 0. The van der Waals surface area contributed by atoms with Crippen molar-refractivity contribution in [2.75, 3.05) is 0 Å². The molecule has 1 nitrogen and oxygen atoms in total. The summed E-state index contributed by atoms with van der Waals surface area (Å²) >= 11 is 0. The van der Waals surface area contributed by atoms with Crippen LogP contribution in [0.15, 0.2) is 0 Å². The average molecular weight is 163 g/mol. The molecule has 0 amide bonds. The lowest BCUT2D eigenvalue weighted by Crippen LogP contribution is -2.45. The summed E-state index contributed by atoms with van der Waals surface area (Å²) in [5, 5.41) is 0. The Balaban J connectivity index is 1.90. The molecule has 0 atom stereocenters. The summed E-state index contributed by atoms with van der Waals surface area (Å²) in [6, 6.07) is 0. The Labute approximate surface area is 73.5 Å². The zero-order chi connectivity index (χ0) is 8.13. The molecule has 4 aliphatic rings.